The van der Waals surface area contributed by atoms with E-state index in [4.69, 9.17) is 10.5 Å². The number of allylic oxidation sites excluding steroid dienone is 1. The summed E-state index contributed by atoms with van der Waals surface area (Å²) in [5.41, 5.74) is 7.67. The van der Waals surface area contributed by atoms with Gasteiger partial charge in [-0.15, -0.1) is 0 Å². The molecule has 0 spiro atoms. The standard InChI is InChI=1S/C18H16N2O2/c1-22-15-9-5-8-14(11-15)16(17(12-19)18(20)21)10-13-6-3-2-4-7-13/h2-9,11H,10H2,1H3,(H2,20,21). The lowest BCUT2D eigenvalue weighted by Crippen LogP contribution is -2.15. The molecule has 0 radical (unpaired) electrons. The zero-order chi connectivity index (χ0) is 15.9. The summed E-state index contributed by atoms with van der Waals surface area (Å²) >= 11 is 0. The first-order chi connectivity index (χ1) is 10.7. The van der Waals surface area contributed by atoms with E-state index >= 15 is 0 Å². The minimum atomic E-state index is -0.726. The molecule has 0 aliphatic carbocycles. The molecule has 0 atom stereocenters. The molecule has 1 amide bonds. The first-order valence-electron chi connectivity index (χ1n) is 6.77. The van der Waals surface area contributed by atoms with Crippen molar-refractivity contribution in [1.82, 2.24) is 0 Å². The van der Waals surface area contributed by atoms with Gasteiger partial charge in [-0.25, -0.2) is 0 Å². The summed E-state index contributed by atoms with van der Waals surface area (Å²) in [5.74, 6) is -0.0685. The van der Waals surface area contributed by atoms with Crippen LogP contribution >= 0.6 is 0 Å². The number of hydrogen-bond donors (Lipinski definition) is 1. The smallest absolute Gasteiger partial charge is 0.259 e. The third-order valence-corrected chi connectivity index (χ3v) is 3.30. The summed E-state index contributed by atoms with van der Waals surface area (Å²) < 4.78 is 5.21. The summed E-state index contributed by atoms with van der Waals surface area (Å²) in [7, 11) is 1.57. The third kappa shape index (κ3) is 3.53. The van der Waals surface area contributed by atoms with E-state index in [-0.39, 0.29) is 5.57 Å². The Morgan fingerprint density at radius 1 is 1.18 bits per heavy atom. The molecule has 2 aromatic carbocycles. The third-order valence-electron chi connectivity index (χ3n) is 3.30. The van der Waals surface area contributed by atoms with Crippen LogP contribution < -0.4 is 10.5 Å². The molecule has 0 saturated heterocycles. The van der Waals surface area contributed by atoms with Crippen molar-refractivity contribution in [3.05, 3.63) is 71.3 Å². The predicted molar refractivity (Wildman–Crippen MR) is 84.9 cm³/mol. The minimum absolute atomic E-state index is 0.0305. The summed E-state index contributed by atoms with van der Waals surface area (Å²) in [6, 6.07) is 18.8. The number of nitrogens with zero attached hydrogens (tertiary/aromatic N) is 1. The normalized spacial score (nSPS) is 11.3. The van der Waals surface area contributed by atoms with Gasteiger partial charge in [0, 0.05) is 0 Å². The highest BCUT2D eigenvalue weighted by Gasteiger charge is 2.15. The number of rotatable bonds is 5. The second-order valence-corrected chi connectivity index (χ2v) is 4.72. The van der Waals surface area contributed by atoms with Gasteiger partial charge in [-0.2, -0.15) is 5.26 Å². The monoisotopic (exact) mass is 292 g/mol. The van der Waals surface area contributed by atoms with E-state index in [2.05, 4.69) is 0 Å². The van der Waals surface area contributed by atoms with Gasteiger partial charge in [0.2, 0.25) is 0 Å². The Labute approximate surface area is 129 Å². The fourth-order valence-electron chi connectivity index (χ4n) is 2.22. The van der Waals surface area contributed by atoms with Gasteiger partial charge in [0.1, 0.15) is 17.4 Å². The highest BCUT2D eigenvalue weighted by Crippen LogP contribution is 2.26. The van der Waals surface area contributed by atoms with Crippen molar-refractivity contribution < 1.29 is 9.53 Å². The molecule has 22 heavy (non-hydrogen) atoms. The van der Waals surface area contributed by atoms with Crippen molar-refractivity contribution in [1.29, 1.82) is 5.26 Å². The molecule has 0 unspecified atom stereocenters. The SMILES string of the molecule is COc1cccc(C(Cc2ccccc2)=C(C#N)C(N)=O)c1. The maximum Gasteiger partial charge on any atom is 0.259 e. The van der Waals surface area contributed by atoms with E-state index in [9.17, 15) is 10.1 Å². The molecule has 4 heteroatoms. The lowest BCUT2D eigenvalue weighted by Gasteiger charge is -2.11. The van der Waals surface area contributed by atoms with Crippen LogP contribution in [-0.4, -0.2) is 13.0 Å². The van der Waals surface area contributed by atoms with Crippen LogP contribution in [0.3, 0.4) is 0 Å². The van der Waals surface area contributed by atoms with Crippen LogP contribution in [-0.2, 0) is 11.2 Å². The number of amides is 1. The van der Waals surface area contributed by atoms with E-state index in [1.807, 2.05) is 48.5 Å². The number of carbonyl (C=O) groups excluding carboxylic acids is 1. The Morgan fingerprint density at radius 2 is 1.91 bits per heavy atom. The number of ether oxygens (including phenoxy) is 1. The Balaban J connectivity index is 2.55. The van der Waals surface area contributed by atoms with Gasteiger partial charge in [0.05, 0.1) is 7.11 Å². The molecule has 4 nitrogen and oxygen atoms in total. The average molecular weight is 292 g/mol. The number of benzene rings is 2. The van der Waals surface area contributed by atoms with Gasteiger partial charge in [0.15, 0.2) is 0 Å². The van der Waals surface area contributed by atoms with Gasteiger partial charge >= 0.3 is 0 Å². The summed E-state index contributed by atoms with van der Waals surface area (Å²) in [5, 5.41) is 9.29. The van der Waals surface area contributed by atoms with E-state index in [1.165, 1.54) is 0 Å². The lowest BCUT2D eigenvalue weighted by molar-refractivity contribution is -0.114. The number of hydrogen-bond acceptors (Lipinski definition) is 3. The van der Waals surface area contributed by atoms with E-state index in [0.29, 0.717) is 17.7 Å². The summed E-state index contributed by atoms with van der Waals surface area (Å²) in [6.07, 6.45) is 0.444. The Morgan fingerprint density at radius 3 is 2.50 bits per heavy atom. The summed E-state index contributed by atoms with van der Waals surface area (Å²) in [6.45, 7) is 0. The highest BCUT2D eigenvalue weighted by atomic mass is 16.5. The molecule has 2 rings (SSSR count). The molecule has 0 aliphatic rings. The van der Waals surface area contributed by atoms with Crippen molar-refractivity contribution in [2.75, 3.05) is 7.11 Å². The van der Waals surface area contributed by atoms with Crippen molar-refractivity contribution in [2.24, 2.45) is 5.73 Å². The molecule has 0 aliphatic heterocycles. The van der Waals surface area contributed by atoms with Crippen LogP contribution in [0, 0.1) is 11.3 Å². The van der Waals surface area contributed by atoms with E-state index in [1.54, 1.807) is 19.2 Å². The Bertz CT molecular complexity index is 743. The minimum Gasteiger partial charge on any atom is -0.497 e. The first kappa shape index (κ1) is 15.3. The summed E-state index contributed by atoms with van der Waals surface area (Å²) in [4.78, 5) is 11.6. The molecule has 2 aromatic rings. The van der Waals surface area contributed by atoms with Crippen LogP contribution in [0.25, 0.3) is 5.57 Å². The van der Waals surface area contributed by atoms with Crippen LogP contribution in [0.1, 0.15) is 11.1 Å². The van der Waals surface area contributed by atoms with Gasteiger partial charge in [0.25, 0.3) is 5.91 Å². The molecule has 0 saturated carbocycles. The van der Waals surface area contributed by atoms with Crippen LogP contribution in [0.5, 0.6) is 5.75 Å². The molecule has 110 valence electrons. The molecule has 0 bridgehead atoms. The molecule has 2 N–H and O–H groups in total. The quantitative estimate of drug-likeness (QED) is 0.680. The fraction of sp³-hybridized carbons (Fsp3) is 0.111. The van der Waals surface area contributed by atoms with Crippen molar-refractivity contribution in [2.45, 2.75) is 6.42 Å². The highest BCUT2D eigenvalue weighted by molar-refractivity contribution is 6.04. The largest absolute Gasteiger partial charge is 0.497 e. The Kier molecular flexibility index (Phi) is 4.94. The first-order valence-corrected chi connectivity index (χ1v) is 6.77. The zero-order valence-electron chi connectivity index (χ0n) is 12.2. The van der Waals surface area contributed by atoms with Gasteiger partial charge in [-0.1, -0.05) is 42.5 Å². The topological polar surface area (TPSA) is 76.1 Å². The second kappa shape index (κ2) is 7.09. The number of nitrogens with two attached hydrogens (primary N) is 1. The average Bonchev–Trinajstić information content (AvgIpc) is 2.55. The molecule has 0 heterocycles. The Hall–Kier alpha value is -3.06. The van der Waals surface area contributed by atoms with Crippen molar-refractivity contribution >= 4 is 11.5 Å². The van der Waals surface area contributed by atoms with Crippen LogP contribution in [0.15, 0.2) is 60.2 Å². The maximum absolute atomic E-state index is 11.6. The fourth-order valence-corrected chi connectivity index (χ4v) is 2.22. The second-order valence-electron chi connectivity index (χ2n) is 4.72. The van der Waals surface area contributed by atoms with Gasteiger partial charge in [-0.3, -0.25) is 4.79 Å². The zero-order valence-corrected chi connectivity index (χ0v) is 12.2. The number of nitriles is 1. The van der Waals surface area contributed by atoms with Crippen molar-refractivity contribution in [3.63, 3.8) is 0 Å². The number of carbonyl (C=O) groups is 1. The van der Waals surface area contributed by atoms with Crippen molar-refractivity contribution in [3.8, 4) is 11.8 Å². The van der Waals surface area contributed by atoms with E-state index in [0.717, 1.165) is 11.1 Å². The maximum atomic E-state index is 11.6. The van der Waals surface area contributed by atoms with Crippen LogP contribution in [0.4, 0.5) is 0 Å². The van der Waals surface area contributed by atoms with Gasteiger partial charge < -0.3 is 10.5 Å². The molecular formula is C18H16N2O2. The number of primary amides is 1. The predicted octanol–water partition coefficient (Wildman–Crippen LogP) is 2.70. The number of methoxy groups -OCH3 is 1. The van der Waals surface area contributed by atoms with E-state index < -0.39 is 5.91 Å². The molecule has 0 fully saturated rings. The molecular weight excluding hydrogens is 276 g/mol. The lowest BCUT2D eigenvalue weighted by atomic mass is 9.93. The van der Waals surface area contributed by atoms with Crippen LogP contribution in [0.2, 0.25) is 0 Å². The molecule has 0 aromatic heterocycles. The van der Waals surface area contributed by atoms with Gasteiger partial charge in [-0.05, 0) is 35.3 Å².